The van der Waals surface area contributed by atoms with Gasteiger partial charge in [-0.3, -0.25) is 4.90 Å². The van der Waals surface area contributed by atoms with Crippen LogP contribution in [0.25, 0.3) is 0 Å². The Morgan fingerprint density at radius 3 is 2.91 bits per heavy atom. The lowest BCUT2D eigenvalue weighted by Gasteiger charge is -2.32. The molecule has 0 spiro atoms. The number of hydrogen-bond donors (Lipinski definition) is 1. The molecular weight excluding hydrogens is 282 g/mol. The van der Waals surface area contributed by atoms with Crippen molar-refractivity contribution in [2.45, 2.75) is 12.6 Å². The number of nitrogens with two attached hydrogens (primary N) is 1. The van der Waals surface area contributed by atoms with Crippen LogP contribution in [0.15, 0.2) is 30.6 Å². The van der Waals surface area contributed by atoms with Crippen molar-refractivity contribution >= 4 is 5.82 Å². The first-order chi connectivity index (χ1) is 10.7. The average molecular weight is 301 g/mol. The number of aromatic nitrogens is 3. The lowest BCUT2D eigenvalue weighted by molar-refractivity contribution is -0.0349. The molecule has 7 heteroatoms. The Hall–Kier alpha value is -2.25. The van der Waals surface area contributed by atoms with Gasteiger partial charge in [0.05, 0.1) is 19.4 Å². The number of hydrogen-bond acceptors (Lipinski definition) is 7. The second-order valence-electron chi connectivity index (χ2n) is 5.16. The third kappa shape index (κ3) is 3.49. The molecule has 1 aliphatic rings. The maximum atomic E-state index is 5.81. The Morgan fingerprint density at radius 1 is 1.36 bits per heavy atom. The maximum Gasteiger partial charge on any atom is 0.316 e. The molecule has 0 unspecified atom stereocenters. The fraction of sp³-hybridized carbons (Fsp3) is 0.400. The highest BCUT2D eigenvalue weighted by atomic mass is 16.5. The van der Waals surface area contributed by atoms with Gasteiger partial charge in [-0.15, -0.1) is 0 Å². The van der Waals surface area contributed by atoms with E-state index in [0.717, 1.165) is 30.9 Å². The van der Waals surface area contributed by atoms with Crippen molar-refractivity contribution in [3.05, 3.63) is 41.9 Å². The van der Waals surface area contributed by atoms with Crippen molar-refractivity contribution in [1.82, 2.24) is 19.9 Å². The molecule has 1 saturated heterocycles. The van der Waals surface area contributed by atoms with Gasteiger partial charge in [-0.05, 0) is 12.1 Å². The summed E-state index contributed by atoms with van der Waals surface area (Å²) in [6.07, 6.45) is 3.51. The third-order valence-corrected chi connectivity index (χ3v) is 3.54. The molecule has 22 heavy (non-hydrogen) atoms. The smallest absolute Gasteiger partial charge is 0.316 e. The van der Waals surface area contributed by atoms with E-state index in [1.807, 2.05) is 12.1 Å². The zero-order valence-electron chi connectivity index (χ0n) is 12.5. The number of rotatable bonds is 4. The minimum atomic E-state index is -0.0589. The summed E-state index contributed by atoms with van der Waals surface area (Å²) in [7, 11) is 1.56. The van der Waals surface area contributed by atoms with Gasteiger partial charge < -0.3 is 15.2 Å². The van der Waals surface area contributed by atoms with E-state index < -0.39 is 0 Å². The summed E-state index contributed by atoms with van der Waals surface area (Å²) >= 11 is 0. The molecule has 1 aliphatic heterocycles. The van der Waals surface area contributed by atoms with Crippen molar-refractivity contribution in [2.24, 2.45) is 0 Å². The van der Waals surface area contributed by atoms with Crippen molar-refractivity contribution in [1.29, 1.82) is 0 Å². The first-order valence-electron chi connectivity index (χ1n) is 7.16. The van der Waals surface area contributed by atoms with Gasteiger partial charge in [0.2, 0.25) is 0 Å². The fourth-order valence-corrected chi connectivity index (χ4v) is 2.46. The molecule has 0 bridgehead atoms. The highest BCUT2D eigenvalue weighted by Gasteiger charge is 2.23. The quantitative estimate of drug-likeness (QED) is 0.902. The Kier molecular flexibility index (Phi) is 4.45. The van der Waals surface area contributed by atoms with Gasteiger partial charge in [0.15, 0.2) is 0 Å². The van der Waals surface area contributed by atoms with Gasteiger partial charge in [-0.25, -0.2) is 15.0 Å². The van der Waals surface area contributed by atoms with Gasteiger partial charge in [0.25, 0.3) is 0 Å². The standard InChI is InChI=1S/C15H19N5O2/c1-21-15-17-7-11(8-18-15)9-20-5-6-22-13(10-20)12-3-2-4-14(16)19-12/h2-4,7-8,13H,5-6,9-10H2,1H3,(H2,16,19)/t13-/m0/s1. The Balaban J connectivity index is 1.65. The predicted octanol–water partition coefficient (Wildman–Crippen LogP) is 1.04. The van der Waals surface area contributed by atoms with Crippen molar-refractivity contribution in [2.75, 3.05) is 32.5 Å². The Bertz CT molecular complexity index is 620. The van der Waals surface area contributed by atoms with Crippen LogP contribution in [0, 0.1) is 0 Å². The van der Waals surface area contributed by atoms with Crippen molar-refractivity contribution < 1.29 is 9.47 Å². The second-order valence-corrected chi connectivity index (χ2v) is 5.16. The molecule has 116 valence electrons. The maximum absolute atomic E-state index is 5.81. The summed E-state index contributed by atoms with van der Waals surface area (Å²) < 4.78 is 10.8. The molecule has 0 radical (unpaired) electrons. The predicted molar refractivity (Wildman–Crippen MR) is 81.2 cm³/mol. The minimum Gasteiger partial charge on any atom is -0.467 e. The topological polar surface area (TPSA) is 86.4 Å². The monoisotopic (exact) mass is 301 g/mol. The van der Waals surface area contributed by atoms with E-state index in [1.165, 1.54) is 0 Å². The van der Waals surface area contributed by atoms with Gasteiger partial charge >= 0.3 is 6.01 Å². The molecule has 1 fully saturated rings. The van der Waals surface area contributed by atoms with Gasteiger partial charge in [0, 0.05) is 37.6 Å². The molecule has 2 N–H and O–H groups in total. The minimum absolute atomic E-state index is 0.0589. The number of pyridine rings is 1. The molecule has 3 heterocycles. The van der Waals surface area contributed by atoms with E-state index in [0.29, 0.717) is 18.4 Å². The summed E-state index contributed by atoms with van der Waals surface area (Å²) in [5.74, 6) is 0.516. The molecule has 2 aromatic heterocycles. The van der Waals surface area contributed by atoms with Gasteiger partial charge in [-0.2, -0.15) is 0 Å². The van der Waals surface area contributed by atoms with Crippen LogP contribution in [-0.2, 0) is 11.3 Å². The molecular formula is C15H19N5O2. The van der Waals surface area contributed by atoms with E-state index in [-0.39, 0.29) is 6.10 Å². The molecule has 0 aromatic carbocycles. The van der Waals surface area contributed by atoms with Crippen LogP contribution < -0.4 is 10.5 Å². The van der Waals surface area contributed by atoms with Crippen LogP contribution in [0.1, 0.15) is 17.4 Å². The van der Waals surface area contributed by atoms with Crippen LogP contribution in [-0.4, -0.2) is 46.7 Å². The molecule has 3 rings (SSSR count). The second kappa shape index (κ2) is 6.67. The number of nitrogen functional groups attached to an aromatic ring is 1. The highest BCUT2D eigenvalue weighted by Crippen LogP contribution is 2.22. The van der Waals surface area contributed by atoms with Crippen LogP contribution >= 0.6 is 0 Å². The van der Waals surface area contributed by atoms with E-state index in [4.69, 9.17) is 15.2 Å². The van der Waals surface area contributed by atoms with Crippen LogP contribution in [0.4, 0.5) is 5.82 Å². The molecule has 2 aromatic rings. The highest BCUT2D eigenvalue weighted by molar-refractivity contribution is 5.29. The summed E-state index contributed by atoms with van der Waals surface area (Å²) in [4.78, 5) is 14.9. The van der Waals surface area contributed by atoms with E-state index in [9.17, 15) is 0 Å². The average Bonchev–Trinajstić information content (AvgIpc) is 2.56. The third-order valence-electron chi connectivity index (χ3n) is 3.54. The van der Waals surface area contributed by atoms with Crippen LogP contribution in [0.5, 0.6) is 6.01 Å². The van der Waals surface area contributed by atoms with Crippen molar-refractivity contribution in [3.8, 4) is 6.01 Å². The number of nitrogens with zero attached hydrogens (tertiary/aromatic N) is 4. The Labute approximate surface area is 129 Å². The normalized spacial score (nSPS) is 19.0. The lowest BCUT2D eigenvalue weighted by atomic mass is 10.1. The van der Waals surface area contributed by atoms with E-state index in [1.54, 1.807) is 25.6 Å². The molecule has 0 aliphatic carbocycles. The first kappa shape index (κ1) is 14.7. The molecule has 0 amide bonds. The van der Waals surface area contributed by atoms with E-state index in [2.05, 4.69) is 19.9 Å². The Morgan fingerprint density at radius 2 is 2.18 bits per heavy atom. The van der Waals surface area contributed by atoms with Crippen LogP contribution in [0.2, 0.25) is 0 Å². The van der Waals surface area contributed by atoms with Crippen molar-refractivity contribution in [3.63, 3.8) is 0 Å². The first-order valence-corrected chi connectivity index (χ1v) is 7.16. The summed E-state index contributed by atoms with van der Waals surface area (Å²) in [5, 5.41) is 0. The number of morpholine rings is 1. The van der Waals surface area contributed by atoms with Crippen LogP contribution in [0.3, 0.4) is 0 Å². The number of anilines is 1. The summed E-state index contributed by atoms with van der Waals surface area (Å²) in [5.41, 5.74) is 7.66. The van der Waals surface area contributed by atoms with E-state index >= 15 is 0 Å². The zero-order chi connectivity index (χ0) is 15.4. The zero-order valence-corrected chi connectivity index (χ0v) is 12.5. The van der Waals surface area contributed by atoms with Gasteiger partial charge in [-0.1, -0.05) is 6.07 Å². The molecule has 0 saturated carbocycles. The lowest BCUT2D eigenvalue weighted by Crippen LogP contribution is -2.38. The largest absolute Gasteiger partial charge is 0.467 e. The summed E-state index contributed by atoms with van der Waals surface area (Å²) in [6.45, 7) is 3.07. The SMILES string of the molecule is COc1ncc(CN2CCO[C@H](c3cccc(N)n3)C2)cn1. The fourth-order valence-electron chi connectivity index (χ4n) is 2.46. The number of methoxy groups -OCH3 is 1. The molecule has 1 atom stereocenters. The molecule has 7 nitrogen and oxygen atoms in total. The number of ether oxygens (including phenoxy) is 2. The van der Waals surface area contributed by atoms with Gasteiger partial charge in [0.1, 0.15) is 11.9 Å². The summed E-state index contributed by atoms with van der Waals surface area (Å²) in [6, 6.07) is 6.00.